The molecule has 1 aromatic rings. The molecule has 2 aliphatic rings. The minimum absolute atomic E-state index is 0.133. The summed E-state index contributed by atoms with van der Waals surface area (Å²) in [5.74, 6) is 0.788. The molecule has 20 heavy (non-hydrogen) atoms. The number of nitrogens with zero attached hydrogens (tertiary/aromatic N) is 1. The number of hydrogen-bond acceptors (Lipinski definition) is 4. The summed E-state index contributed by atoms with van der Waals surface area (Å²) in [6.45, 7) is 1.94. The average molecular weight is 273 g/mol. The Morgan fingerprint density at radius 3 is 2.80 bits per heavy atom. The van der Waals surface area contributed by atoms with Crippen molar-refractivity contribution in [2.24, 2.45) is 5.41 Å². The van der Waals surface area contributed by atoms with Crippen molar-refractivity contribution >= 4 is 0 Å². The zero-order valence-electron chi connectivity index (χ0n) is 11.8. The normalized spacial score (nSPS) is 32.9. The van der Waals surface area contributed by atoms with Gasteiger partial charge in [-0.15, -0.1) is 0 Å². The van der Waals surface area contributed by atoms with E-state index >= 15 is 0 Å². The lowest BCUT2D eigenvalue weighted by Gasteiger charge is -2.33. The van der Waals surface area contributed by atoms with Crippen molar-refractivity contribution in [3.63, 3.8) is 0 Å². The highest BCUT2D eigenvalue weighted by Crippen LogP contribution is 2.54. The monoisotopic (exact) mass is 273 g/mol. The number of ether oxygens (including phenoxy) is 2. The SMILES string of the molecule is COc1ccc(C(O)C2(C#N)CC3CCC2O3)cc1C. The summed E-state index contributed by atoms with van der Waals surface area (Å²) in [6.07, 6.45) is 1.67. The Morgan fingerprint density at radius 2 is 2.30 bits per heavy atom. The van der Waals surface area contributed by atoms with Gasteiger partial charge in [-0.3, -0.25) is 0 Å². The van der Waals surface area contributed by atoms with Gasteiger partial charge in [0, 0.05) is 0 Å². The van der Waals surface area contributed by atoms with E-state index in [-0.39, 0.29) is 12.2 Å². The molecule has 2 aliphatic heterocycles. The molecule has 2 heterocycles. The number of nitriles is 1. The Bertz CT molecular complexity index is 565. The van der Waals surface area contributed by atoms with E-state index in [4.69, 9.17) is 9.47 Å². The smallest absolute Gasteiger partial charge is 0.121 e. The molecular weight excluding hydrogens is 254 g/mol. The fraction of sp³-hybridized carbons (Fsp3) is 0.562. The Kier molecular flexibility index (Phi) is 3.19. The number of rotatable bonds is 3. The molecule has 2 saturated heterocycles. The summed E-state index contributed by atoms with van der Waals surface area (Å²) in [4.78, 5) is 0. The predicted molar refractivity (Wildman–Crippen MR) is 73.2 cm³/mol. The van der Waals surface area contributed by atoms with Crippen LogP contribution in [0.4, 0.5) is 0 Å². The molecule has 1 aromatic carbocycles. The summed E-state index contributed by atoms with van der Waals surface area (Å²) < 4.78 is 11.0. The van der Waals surface area contributed by atoms with Crippen LogP contribution in [0, 0.1) is 23.7 Å². The number of aryl methyl sites for hydroxylation is 1. The maximum Gasteiger partial charge on any atom is 0.121 e. The third-order valence-electron chi connectivity index (χ3n) is 4.68. The summed E-state index contributed by atoms with van der Waals surface area (Å²) in [6, 6.07) is 7.92. The molecule has 2 fully saturated rings. The molecule has 0 aromatic heterocycles. The van der Waals surface area contributed by atoms with Gasteiger partial charge in [0.2, 0.25) is 0 Å². The van der Waals surface area contributed by atoms with Gasteiger partial charge in [-0.1, -0.05) is 6.07 Å². The lowest BCUT2D eigenvalue weighted by atomic mass is 9.69. The maximum absolute atomic E-state index is 10.7. The van der Waals surface area contributed by atoms with E-state index in [1.54, 1.807) is 7.11 Å². The number of fused-ring (bicyclic) bond motifs is 2. The summed E-state index contributed by atoms with van der Waals surface area (Å²) >= 11 is 0. The fourth-order valence-corrected chi connectivity index (χ4v) is 3.58. The van der Waals surface area contributed by atoms with E-state index in [2.05, 4.69) is 6.07 Å². The Balaban J connectivity index is 1.94. The summed E-state index contributed by atoms with van der Waals surface area (Å²) in [7, 11) is 1.62. The number of aliphatic hydroxyl groups excluding tert-OH is 1. The zero-order valence-corrected chi connectivity index (χ0v) is 11.8. The van der Waals surface area contributed by atoms with Crippen LogP contribution in [0.25, 0.3) is 0 Å². The Labute approximate surface area is 118 Å². The molecule has 1 N–H and O–H groups in total. The van der Waals surface area contributed by atoms with Crippen LogP contribution in [-0.4, -0.2) is 24.4 Å². The fourth-order valence-electron chi connectivity index (χ4n) is 3.58. The second-order valence-corrected chi connectivity index (χ2v) is 5.81. The molecule has 0 saturated carbocycles. The molecule has 3 rings (SSSR count). The summed E-state index contributed by atoms with van der Waals surface area (Å²) in [5.41, 5.74) is 0.923. The lowest BCUT2D eigenvalue weighted by Crippen LogP contribution is -2.37. The lowest BCUT2D eigenvalue weighted by molar-refractivity contribution is 0.00337. The average Bonchev–Trinajstić information content (AvgIpc) is 3.07. The van der Waals surface area contributed by atoms with Crippen molar-refractivity contribution in [3.05, 3.63) is 29.3 Å². The Hall–Kier alpha value is -1.57. The van der Waals surface area contributed by atoms with Crippen LogP contribution in [0.1, 0.15) is 36.5 Å². The second-order valence-electron chi connectivity index (χ2n) is 5.81. The minimum atomic E-state index is -0.813. The largest absolute Gasteiger partial charge is 0.496 e. The first kappa shape index (κ1) is 13.4. The van der Waals surface area contributed by atoms with Gasteiger partial charge in [0.15, 0.2) is 0 Å². The highest BCUT2D eigenvalue weighted by Gasteiger charge is 2.57. The first-order valence-electron chi connectivity index (χ1n) is 7.00. The Morgan fingerprint density at radius 1 is 1.50 bits per heavy atom. The number of hydrogen-bond donors (Lipinski definition) is 1. The second kappa shape index (κ2) is 4.76. The van der Waals surface area contributed by atoms with Gasteiger partial charge >= 0.3 is 0 Å². The van der Waals surface area contributed by atoms with E-state index in [9.17, 15) is 10.4 Å². The first-order chi connectivity index (χ1) is 9.60. The third kappa shape index (κ3) is 1.81. The van der Waals surface area contributed by atoms with Gasteiger partial charge in [0.1, 0.15) is 17.3 Å². The number of methoxy groups -OCH3 is 1. The molecule has 0 aliphatic carbocycles. The van der Waals surface area contributed by atoms with Gasteiger partial charge < -0.3 is 14.6 Å². The van der Waals surface area contributed by atoms with Crippen LogP contribution in [-0.2, 0) is 4.74 Å². The van der Waals surface area contributed by atoms with Crippen molar-refractivity contribution < 1.29 is 14.6 Å². The highest BCUT2D eigenvalue weighted by molar-refractivity contribution is 5.38. The van der Waals surface area contributed by atoms with Crippen molar-refractivity contribution in [3.8, 4) is 11.8 Å². The summed E-state index contributed by atoms with van der Waals surface area (Å²) in [5, 5.41) is 20.4. The van der Waals surface area contributed by atoms with Crippen LogP contribution in [0.2, 0.25) is 0 Å². The quantitative estimate of drug-likeness (QED) is 0.919. The van der Waals surface area contributed by atoms with Crippen LogP contribution in [0.5, 0.6) is 5.75 Å². The van der Waals surface area contributed by atoms with E-state index in [0.717, 1.165) is 29.7 Å². The molecule has 4 unspecified atom stereocenters. The molecule has 0 amide bonds. The van der Waals surface area contributed by atoms with E-state index in [1.807, 2.05) is 25.1 Å². The molecular formula is C16H19NO3. The molecule has 4 nitrogen and oxygen atoms in total. The van der Waals surface area contributed by atoms with Gasteiger partial charge in [-0.05, 0) is 49.4 Å². The molecule has 106 valence electrons. The number of aliphatic hydroxyl groups is 1. The molecule has 0 radical (unpaired) electrons. The van der Waals surface area contributed by atoms with E-state index in [0.29, 0.717) is 6.42 Å². The van der Waals surface area contributed by atoms with E-state index < -0.39 is 11.5 Å². The standard InChI is InChI=1S/C16H19NO3/c1-10-7-11(3-5-13(10)19-2)15(18)16(9-17)8-12-4-6-14(16)20-12/h3,5,7,12,14-15,18H,4,6,8H2,1-2H3. The van der Waals surface area contributed by atoms with Crippen LogP contribution < -0.4 is 4.74 Å². The van der Waals surface area contributed by atoms with Gasteiger partial charge in [-0.25, -0.2) is 0 Å². The third-order valence-corrected chi connectivity index (χ3v) is 4.68. The molecule has 4 atom stereocenters. The highest BCUT2D eigenvalue weighted by atomic mass is 16.5. The number of benzene rings is 1. The minimum Gasteiger partial charge on any atom is -0.496 e. The first-order valence-corrected chi connectivity index (χ1v) is 7.00. The van der Waals surface area contributed by atoms with Gasteiger partial charge in [0.25, 0.3) is 0 Å². The predicted octanol–water partition coefficient (Wildman–Crippen LogP) is 2.50. The van der Waals surface area contributed by atoms with Crippen LogP contribution in [0.15, 0.2) is 18.2 Å². The van der Waals surface area contributed by atoms with E-state index in [1.165, 1.54) is 0 Å². The molecule has 4 heteroatoms. The van der Waals surface area contributed by atoms with Crippen LogP contribution in [0.3, 0.4) is 0 Å². The van der Waals surface area contributed by atoms with Gasteiger partial charge in [-0.2, -0.15) is 5.26 Å². The topological polar surface area (TPSA) is 62.5 Å². The van der Waals surface area contributed by atoms with Crippen molar-refractivity contribution in [2.75, 3.05) is 7.11 Å². The van der Waals surface area contributed by atoms with Crippen LogP contribution >= 0.6 is 0 Å². The molecule has 2 bridgehead atoms. The zero-order chi connectivity index (χ0) is 14.3. The van der Waals surface area contributed by atoms with Gasteiger partial charge in [0.05, 0.1) is 25.4 Å². The van der Waals surface area contributed by atoms with Crippen molar-refractivity contribution in [1.29, 1.82) is 5.26 Å². The molecule has 0 spiro atoms. The van der Waals surface area contributed by atoms with Crippen molar-refractivity contribution in [2.45, 2.75) is 44.5 Å². The maximum atomic E-state index is 10.7. The van der Waals surface area contributed by atoms with Crippen molar-refractivity contribution in [1.82, 2.24) is 0 Å².